The van der Waals surface area contributed by atoms with E-state index in [0.29, 0.717) is 11.3 Å². The van der Waals surface area contributed by atoms with Gasteiger partial charge in [0.2, 0.25) is 0 Å². The molecular weight excluding hydrogens is 404 g/mol. The topological polar surface area (TPSA) is 61.1 Å². The molecule has 1 aromatic carbocycles. The Labute approximate surface area is 170 Å². The number of benzene rings is 1. The fourth-order valence-electron chi connectivity index (χ4n) is 3.10. The first kappa shape index (κ1) is 21.2. The van der Waals surface area contributed by atoms with Crippen LogP contribution in [0.1, 0.15) is 49.7 Å². The molecule has 1 unspecified atom stereocenters. The smallest absolute Gasteiger partial charge is 0.269 e. The van der Waals surface area contributed by atoms with Crippen molar-refractivity contribution in [3.05, 3.63) is 52.3 Å². The zero-order valence-electron chi connectivity index (χ0n) is 16.2. The van der Waals surface area contributed by atoms with Crippen LogP contribution < -0.4 is 5.32 Å². The van der Waals surface area contributed by atoms with Gasteiger partial charge in [-0.1, -0.05) is 29.8 Å². The molecule has 1 N–H and O–H groups in total. The third-order valence-corrected chi connectivity index (χ3v) is 5.24. The van der Waals surface area contributed by atoms with Crippen molar-refractivity contribution in [2.24, 2.45) is 0 Å². The number of amides is 1. The maximum absolute atomic E-state index is 12.9. The summed E-state index contributed by atoms with van der Waals surface area (Å²) in [7, 11) is 0. The van der Waals surface area contributed by atoms with E-state index < -0.39 is 0 Å². The molecule has 1 aromatic heterocycles. The highest BCUT2D eigenvalue weighted by Crippen LogP contribution is 2.19. The van der Waals surface area contributed by atoms with Crippen LogP contribution in [0.5, 0.6) is 0 Å². The van der Waals surface area contributed by atoms with Gasteiger partial charge in [-0.15, -0.1) is 0 Å². The zero-order chi connectivity index (χ0) is 19.8. The first-order valence-electron chi connectivity index (χ1n) is 9.40. The van der Waals surface area contributed by atoms with Crippen LogP contribution in [0.15, 0.2) is 41.0 Å². The van der Waals surface area contributed by atoms with E-state index in [2.05, 4.69) is 46.1 Å². The predicted octanol–water partition coefficient (Wildman–Crippen LogP) is 4.35. The molecule has 0 aliphatic rings. The van der Waals surface area contributed by atoms with E-state index in [-0.39, 0.29) is 11.9 Å². The van der Waals surface area contributed by atoms with Crippen molar-refractivity contribution in [1.82, 2.24) is 14.8 Å². The normalized spacial score (nSPS) is 12.0. The second-order valence-electron chi connectivity index (χ2n) is 6.58. The number of hydrogen-bond acceptors (Lipinski definition) is 3. The molecule has 1 heterocycles. The summed E-state index contributed by atoms with van der Waals surface area (Å²) < 4.78 is 2.73. The number of nitrogens with zero attached hydrogens (tertiary/aromatic N) is 3. The Balaban J connectivity index is 2.08. The van der Waals surface area contributed by atoms with Crippen molar-refractivity contribution in [1.29, 1.82) is 5.26 Å². The van der Waals surface area contributed by atoms with Crippen LogP contribution in [-0.4, -0.2) is 41.1 Å². The first-order valence-corrected chi connectivity index (χ1v) is 10.2. The van der Waals surface area contributed by atoms with E-state index in [1.165, 1.54) is 0 Å². The van der Waals surface area contributed by atoms with Crippen molar-refractivity contribution >= 4 is 21.8 Å². The molecule has 6 heteroatoms. The second-order valence-corrected chi connectivity index (χ2v) is 7.50. The molecule has 0 bridgehead atoms. The highest BCUT2D eigenvalue weighted by Gasteiger charge is 2.19. The van der Waals surface area contributed by atoms with Gasteiger partial charge in [0.15, 0.2) is 0 Å². The largest absolute Gasteiger partial charge is 0.348 e. The fourth-order valence-corrected chi connectivity index (χ4v) is 3.36. The Morgan fingerprint density at radius 2 is 1.93 bits per heavy atom. The van der Waals surface area contributed by atoms with Crippen LogP contribution >= 0.6 is 15.9 Å². The molecule has 1 atom stereocenters. The number of carbonyl (C=O) groups is 1. The first-order chi connectivity index (χ1) is 13.0. The van der Waals surface area contributed by atoms with Gasteiger partial charge in [-0.05, 0) is 69.7 Å². The van der Waals surface area contributed by atoms with E-state index in [1.54, 1.807) is 16.8 Å². The number of aromatic nitrogens is 1. The van der Waals surface area contributed by atoms with Crippen LogP contribution in [0, 0.1) is 11.3 Å². The van der Waals surface area contributed by atoms with Crippen molar-refractivity contribution in [2.75, 3.05) is 19.6 Å². The van der Waals surface area contributed by atoms with Gasteiger partial charge in [-0.3, -0.25) is 4.79 Å². The molecule has 0 aliphatic heterocycles. The van der Waals surface area contributed by atoms with Gasteiger partial charge in [0.25, 0.3) is 5.91 Å². The summed E-state index contributed by atoms with van der Waals surface area (Å²) in [5, 5.41) is 12.5. The van der Waals surface area contributed by atoms with E-state index in [9.17, 15) is 10.1 Å². The minimum Gasteiger partial charge on any atom is -0.348 e. The van der Waals surface area contributed by atoms with Gasteiger partial charge in [-0.25, -0.2) is 0 Å². The number of nitrogens with one attached hydrogen (secondary N) is 1. The minimum absolute atomic E-state index is 0.0490. The fraction of sp³-hybridized carbons (Fsp3) is 0.429. The van der Waals surface area contributed by atoms with Crippen LogP contribution in [0.4, 0.5) is 0 Å². The molecule has 144 valence electrons. The summed E-state index contributed by atoms with van der Waals surface area (Å²) in [5.41, 5.74) is 1.61. The lowest BCUT2D eigenvalue weighted by molar-refractivity contribution is 0.0930. The third-order valence-electron chi connectivity index (χ3n) is 4.71. The molecule has 0 radical (unpaired) electrons. The number of halogens is 1. The molecule has 2 aromatic rings. The van der Waals surface area contributed by atoms with Gasteiger partial charge in [-0.2, -0.15) is 5.26 Å². The van der Waals surface area contributed by atoms with Gasteiger partial charge in [0.05, 0.1) is 5.56 Å². The highest BCUT2D eigenvalue weighted by molar-refractivity contribution is 9.10. The predicted molar refractivity (Wildman–Crippen MR) is 112 cm³/mol. The van der Waals surface area contributed by atoms with Crippen LogP contribution in [0.2, 0.25) is 0 Å². The van der Waals surface area contributed by atoms with E-state index in [4.69, 9.17) is 0 Å². The second kappa shape index (κ2) is 10.3. The summed E-state index contributed by atoms with van der Waals surface area (Å²) in [5.74, 6) is -0.213. The van der Waals surface area contributed by atoms with Gasteiger partial charge in [0, 0.05) is 22.4 Å². The van der Waals surface area contributed by atoms with Crippen LogP contribution in [-0.2, 0) is 0 Å². The maximum atomic E-state index is 12.9. The molecule has 27 heavy (non-hydrogen) atoms. The lowest BCUT2D eigenvalue weighted by atomic mass is 10.1. The van der Waals surface area contributed by atoms with E-state index in [1.807, 2.05) is 31.2 Å². The Morgan fingerprint density at radius 1 is 1.26 bits per heavy atom. The lowest BCUT2D eigenvalue weighted by Crippen LogP contribution is -2.35. The van der Waals surface area contributed by atoms with E-state index in [0.717, 1.165) is 42.6 Å². The molecule has 0 spiro atoms. The molecule has 0 saturated carbocycles. The van der Waals surface area contributed by atoms with Crippen molar-refractivity contribution in [2.45, 2.75) is 39.7 Å². The maximum Gasteiger partial charge on any atom is 0.269 e. The highest BCUT2D eigenvalue weighted by atomic mass is 79.9. The molecular formula is C21H27BrN4O. The number of carbonyl (C=O) groups excluding carboxylic acids is 1. The Bertz CT molecular complexity index is 788. The third kappa shape index (κ3) is 5.69. The lowest BCUT2D eigenvalue weighted by Gasteiger charge is -2.20. The summed E-state index contributed by atoms with van der Waals surface area (Å²) >= 11 is 3.42. The molecule has 0 fully saturated rings. The minimum atomic E-state index is -0.213. The summed E-state index contributed by atoms with van der Waals surface area (Å²) in [6.07, 6.45) is 3.70. The Hall–Kier alpha value is -2.10. The van der Waals surface area contributed by atoms with Crippen LogP contribution in [0.3, 0.4) is 0 Å². The number of nitriles is 1. The van der Waals surface area contributed by atoms with Gasteiger partial charge < -0.3 is 14.8 Å². The molecule has 5 nitrogen and oxygen atoms in total. The molecule has 0 aliphatic carbocycles. The number of hydrogen-bond donors (Lipinski definition) is 1. The SMILES string of the molecule is CCN(CC)CCCC(C)NC(=O)c1c(C#N)ccn1-c1ccc(Br)cc1. The summed E-state index contributed by atoms with van der Waals surface area (Å²) in [6.45, 7) is 9.46. The van der Waals surface area contributed by atoms with Crippen molar-refractivity contribution in [3.63, 3.8) is 0 Å². The average molecular weight is 431 g/mol. The standard InChI is InChI=1S/C21H27BrN4O/c1-4-25(5-2)13-6-7-16(3)24-21(27)20-17(15-23)12-14-26(20)19-10-8-18(22)9-11-19/h8-12,14,16H,4-7,13H2,1-3H3,(H,24,27). The van der Waals surface area contributed by atoms with Crippen molar-refractivity contribution < 1.29 is 4.79 Å². The van der Waals surface area contributed by atoms with Crippen molar-refractivity contribution in [3.8, 4) is 11.8 Å². The van der Waals surface area contributed by atoms with E-state index >= 15 is 0 Å². The van der Waals surface area contributed by atoms with Crippen LogP contribution in [0.25, 0.3) is 5.69 Å². The number of rotatable bonds is 9. The monoisotopic (exact) mass is 430 g/mol. The molecule has 1 amide bonds. The molecule has 0 saturated heterocycles. The molecule has 2 rings (SSSR count). The Kier molecular flexibility index (Phi) is 8.08. The van der Waals surface area contributed by atoms with Gasteiger partial charge in [0.1, 0.15) is 11.8 Å². The summed E-state index contributed by atoms with van der Waals surface area (Å²) in [4.78, 5) is 15.2. The summed E-state index contributed by atoms with van der Waals surface area (Å²) in [6, 6.07) is 11.5. The quantitative estimate of drug-likeness (QED) is 0.642. The Morgan fingerprint density at radius 3 is 2.52 bits per heavy atom. The van der Waals surface area contributed by atoms with Gasteiger partial charge >= 0.3 is 0 Å². The zero-order valence-corrected chi connectivity index (χ0v) is 17.8. The average Bonchev–Trinajstić information content (AvgIpc) is 3.10.